The number of carbonyl (C=O) groups is 1. The van der Waals surface area contributed by atoms with Crippen LogP contribution in [0.5, 0.6) is 5.75 Å². The van der Waals surface area contributed by atoms with E-state index in [1.807, 2.05) is 0 Å². The molecule has 0 aliphatic heterocycles. The smallest absolute Gasteiger partial charge is 0.408 e. The Bertz CT molecular complexity index is 851. The van der Waals surface area contributed by atoms with Crippen LogP contribution in [-0.2, 0) is 0 Å². The molecule has 2 atom stereocenters. The minimum Gasteiger partial charge on any atom is -0.496 e. The normalized spacial score (nSPS) is 13.5. The van der Waals surface area contributed by atoms with E-state index < -0.39 is 28.6 Å². The lowest BCUT2D eigenvalue weighted by atomic mass is 9.89. The molecule has 1 amide bonds. The first-order chi connectivity index (χ1) is 13.1. The summed E-state index contributed by atoms with van der Waals surface area (Å²) in [6.07, 6.45) is -1.23. The maximum atomic E-state index is 12.2. The molecule has 0 fully saturated rings. The van der Waals surface area contributed by atoms with Crippen LogP contribution in [0, 0.1) is 10.1 Å². The van der Waals surface area contributed by atoms with Crippen molar-refractivity contribution >= 4 is 22.0 Å². The molecule has 0 spiro atoms. The Balaban J connectivity index is 2.77. The number of hydrogen-bond donors (Lipinski definition) is 1. The summed E-state index contributed by atoms with van der Waals surface area (Å²) in [4.78, 5) is 25.0. The van der Waals surface area contributed by atoms with E-state index in [9.17, 15) is 20.0 Å². The van der Waals surface area contributed by atoms with Gasteiger partial charge in [0.2, 0.25) is 0 Å². The molecular weight excluding hydrogens is 428 g/mol. The topological polar surface area (TPSA) is 92.9 Å². The zero-order chi connectivity index (χ0) is 21.1. The Labute approximate surface area is 172 Å². The summed E-state index contributed by atoms with van der Waals surface area (Å²) in [7, 11) is 1.49. The van der Waals surface area contributed by atoms with Crippen molar-refractivity contribution in [2.24, 2.45) is 0 Å². The average molecular weight is 451 g/mol. The Morgan fingerprint density at radius 2 is 1.79 bits per heavy atom. The number of nitro groups is 1. The summed E-state index contributed by atoms with van der Waals surface area (Å²) >= 11 is 3.37. The van der Waals surface area contributed by atoms with E-state index in [1.165, 1.54) is 7.11 Å². The predicted molar refractivity (Wildman–Crippen MR) is 109 cm³/mol. The van der Waals surface area contributed by atoms with Gasteiger partial charge < -0.3 is 9.84 Å². The molecule has 2 unspecified atom stereocenters. The Morgan fingerprint density at radius 3 is 2.25 bits per heavy atom. The van der Waals surface area contributed by atoms with Gasteiger partial charge in [0.15, 0.2) is 0 Å². The third-order valence-corrected chi connectivity index (χ3v) is 5.05. The first-order valence-electron chi connectivity index (χ1n) is 8.62. The largest absolute Gasteiger partial charge is 0.496 e. The molecule has 1 N–H and O–H groups in total. The van der Waals surface area contributed by atoms with Gasteiger partial charge in [-0.15, -0.1) is 0 Å². The molecule has 28 heavy (non-hydrogen) atoms. The summed E-state index contributed by atoms with van der Waals surface area (Å²) in [5.74, 6) is 0.469. The lowest BCUT2D eigenvalue weighted by Crippen LogP contribution is -2.49. The van der Waals surface area contributed by atoms with Crippen LogP contribution in [0.15, 0.2) is 53.0 Å². The van der Waals surface area contributed by atoms with Crippen molar-refractivity contribution in [1.82, 2.24) is 4.90 Å². The highest BCUT2D eigenvalue weighted by Crippen LogP contribution is 2.42. The van der Waals surface area contributed by atoms with E-state index in [0.717, 1.165) is 4.90 Å². The van der Waals surface area contributed by atoms with Crippen LogP contribution in [0.25, 0.3) is 0 Å². The molecule has 2 aromatic carbocycles. The van der Waals surface area contributed by atoms with Crippen molar-refractivity contribution in [3.8, 4) is 5.75 Å². The number of rotatable bonds is 6. The second-order valence-electron chi connectivity index (χ2n) is 7.30. The first-order valence-corrected chi connectivity index (χ1v) is 9.41. The van der Waals surface area contributed by atoms with Gasteiger partial charge in [0.25, 0.3) is 6.04 Å². The second kappa shape index (κ2) is 8.60. The van der Waals surface area contributed by atoms with E-state index in [0.29, 0.717) is 21.3 Å². The molecule has 0 radical (unpaired) electrons. The summed E-state index contributed by atoms with van der Waals surface area (Å²) in [5.41, 5.74) is 0.0256. The zero-order valence-corrected chi connectivity index (χ0v) is 17.7. The molecule has 0 heterocycles. The molecule has 0 bridgehead atoms. The SMILES string of the molecule is COc1cc(C(C(c2ccccc2)[N+](=O)[O-])N(C(=O)O)C(C)(C)C)ccc1Br. The molecule has 0 saturated carbocycles. The van der Waals surface area contributed by atoms with E-state index in [1.54, 1.807) is 69.3 Å². The molecule has 2 rings (SSSR count). The van der Waals surface area contributed by atoms with Crippen molar-refractivity contribution in [1.29, 1.82) is 0 Å². The quantitative estimate of drug-likeness (QED) is 0.476. The summed E-state index contributed by atoms with van der Waals surface area (Å²) in [6, 6.07) is 11.1. The minimum atomic E-state index is -1.29. The van der Waals surface area contributed by atoms with Crippen LogP contribution >= 0.6 is 15.9 Å². The average Bonchev–Trinajstić information content (AvgIpc) is 2.60. The van der Waals surface area contributed by atoms with Crippen LogP contribution in [-0.4, -0.2) is 33.7 Å². The van der Waals surface area contributed by atoms with Crippen LogP contribution in [0.1, 0.15) is 44.0 Å². The molecule has 0 aliphatic carbocycles. The standard InChI is InChI=1S/C20H23BrN2O5/c1-20(2,3)22(19(24)25)17(14-10-11-15(21)16(12-14)28-4)18(23(26)27)13-8-6-5-7-9-13/h5-12,17-18H,1-4H3,(H,24,25). The highest BCUT2D eigenvalue weighted by atomic mass is 79.9. The molecule has 0 aromatic heterocycles. The number of amides is 1. The Kier molecular flexibility index (Phi) is 6.66. The Morgan fingerprint density at radius 1 is 1.18 bits per heavy atom. The summed E-state index contributed by atoms with van der Waals surface area (Å²) in [5, 5.41) is 22.1. The van der Waals surface area contributed by atoms with Gasteiger partial charge in [0.1, 0.15) is 11.8 Å². The molecule has 0 aliphatic rings. The van der Waals surface area contributed by atoms with Gasteiger partial charge in [0.05, 0.1) is 11.6 Å². The van der Waals surface area contributed by atoms with Gasteiger partial charge in [0, 0.05) is 16.0 Å². The van der Waals surface area contributed by atoms with Crippen LogP contribution in [0.3, 0.4) is 0 Å². The lowest BCUT2D eigenvalue weighted by molar-refractivity contribution is -0.538. The lowest BCUT2D eigenvalue weighted by Gasteiger charge is -2.40. The second-order valence-corrected chi connectivity index (χ2v) is 8.16. The minimum absolute atomic E-state index is 0.426. The molecular formula is C20H23BrN2O5. The van der Waals surface area contributed by atoms with Crippen LogP contribution < -0.4 is 4.74 Å². The van der Waals surface area contributed by atoms with Crippen LogP contribution in [0.2, 0.25) is 0 Å². The van der Waals surface area contributed by atoms with Gasteiger partial charge in [-0.05, 0) is 54.4 Å². The third kappa shape index (κ3) is 4.62. The van der Waals surface area contributed by atoms with Crippen molar-refractivity contribution < 1.29 is 19.6 Å². The van der Waals surface area contributed by atoms with Gasteiger partial charge in [-0.25, -0.2) is 4.79 Å². The van der Waals surface area contributed by atoms with Gasteiger partial charge in [-0.3, -0.25) is 15.0 Å². The highest BCUT2D eigenvalue weighted by molar-refractivity contribution is 9.10. The number of methoxy groups -OCH3 is 1. The van der Waals surface area contributed by atoms with Gasteiger partial charge in [-0.2, -0.15) is 0 Å². The van der Waals surface area contributed by atoms with E-state index in [4.69, 9.17) is 4.74 Å². The molecule has 8 heteroatoms. The monoisotopic (exact) mass is 450 g/mol. The predicted octanol–water partition coefficient (Wildman–Crippen LogP) is 5.30. The summed E-state index contributed by atoms with van der Waals surface area (Å²) in [6.45, 7) is 5.14. The molecule has 7 nitrogen and oxygen atoms in total. The highest BCUT2D eigenvalue weighted by Gasteiger charge is 2.45. The fraction of sp³-hybridized carbons (Fsp3) is 0.350. The number of benzene rings is 2. The van der Waals surface area contributed by atoms with Gasteiger partial charge >= 0.3 is 6.09 Å². The maximum absolute atomic E-state index is 12.2. The number of ether oxygens (including phenoxy) is 1. The Hall–Kier alpha value is -2.61. The number of hydrogen-bond acceptors (Lipinski definition) is 4. The maximum Gasteiger partial charge on any atom is 0.408 e. The first kappa shape index (κ1) is 21.7. The van der Waals surface area contributed by atoms with Crippen molar-refractivity contribution in [2.75, 3.05) is 7.11 Å². The van der Waals surface area contributed by atoms with Crippen molar-refractivity contribution in [3.63, 3.8) is 0 Å². The molecule has 150 valence electrons. The zero-order valence-electron chi connectivity index (χ0n) is 16.1. The fourth-order valence-corrected chi connectivity index (χ4v) is 3.63. The third-order valence-electron chi connectivity index (χ3n) is 4.39. The van der Waals surface area contributed by atoms with Crippen molar-refractivity contribution in [3.05, 3.63) is 74.2 Å². The fourth-order valence-electron chi connectivity index (χ4n) is 3.23. The number of nitrogens with zero attached hydrogens (tertiary/aromatic N) is 2. The molecule has 0 saturated heterocycles. The molecule has 2 aromatic rings. The van der Waals surface area contributed by atoms with Gasteiger partial charge in [-0.1, -0.05) is 36.4 Å². The van der Waals surface area contributed by atoms with E-state index in [-0.39, 0.29) is 0 Å². The van der Waals surface area contributed by atoms with E-state index >= 15 is 0 Å². The van der Waals surface area contributed by atoms with Crippen LogP contribution in [0.4, 0.5) is 4.79 Å². The van der Waals surface area contributed by atoms with Crippen molar-refractivity contribution in [2.45, 2.75) is 38.4 Å². The summed E-state index contributed by atoms with van der Waals surface area (Å²) < 4.78 is 6.00. The number of carboxylic acid groups (broad SMARTS) is 1. The van der Waals surface area contributed by atoms with E-state index in [2.05, 4.69) is 15.9 Å². The number of halogens is 1.